The summed E-state index contributed by atoms with van der Waals surface area (Å²) in [5.41, 5.74) is 1.11. The van der Waals surface area contributed by atoms with Crippen molar-refractivity contribution in [2.24, 2.45) is 5.92 Å². The molecule has 0 bridgehead atoms. The number of amides is 2. The second-order valence-corrected chi connectivity index (χ2v) is 10.7. The number of hydrogen-bond acceptors (Lipinski definition) is 5. The van der Waals surface area contributed by atoms with Crippen LogP contribution in [0.1, 0.15) is 37.1 Å². The van der Waals surface area contributed by atoms with E-state index in [0.29, 0.717) is 37.2 Å². The molecule has 2 amide bonds. The average molecular weight is 450 g/mol. The third kappa shape index (κ3) is 6.13. The van der Waals surface area contributed by atoms with Crippen LogP contribution >= 0.6 is 11.3 Å². The van der Waals surface area contributed by atoms with E-state index in [4.69, 9.17) is 0 Å². The molecule has 30 heavy (non-hydrogen) atoms. The lowest BCUT2D eigenvalue weighted by Crippen LogP contribution is -2.41. The predicted molar refractivity (Wildman–Crippen MR) is 118 cm³/mol. The third-order valence-electron chi connectivity index (χ3n) is 4.80. The Kier molecular flexibility index (Phi) is 7.27. The monoisotopic (exact) mass is 449 g/mol. The molecule has 1 aromatic carbocycles. The summed E-state index contributed by atoms with van der Waals surface area (Å²) in [5, 5.41) is 4.79. The van der Waals surface area contributed by atoms with Crippen molar-refractivity contribution in [2.45, 2.75) is 45.0 Å². The first-order chi connectivity index (χ1) is 14.2. The van der Waals surface area contributed by atoms with Crippen LogP contribution in [-0.4, -0.2) is 37.7 Å². The van der Waals surface area contributed by atoms with E-state index < -0.39 is 16.1 Å². The molecular weight excluding hydrogens is 422 g/mol. The molecule has 2 N–H and O–H groups in total. The first-order valence-electron chi connectivity index (χ1n) is 9.92. The lowest BCUT2D eigenvalue weighted by Gasteiger charge is -2.23. The number of anilines is 1. The van der Waals surface area contributed by atoms with E-state index in [2.05, 4.69) is 10.0 Å². The van der Waals surface area contributed by atoms with E-state index in [1.54, 1.807) is 40.5 Å². The Morgan fingerprint density at radius 1 is 1.27 bits per heavy atom. The average Bonchev–Trinajstić information content (AvgIpc) is 3.31. The van der Waals surface area contributed by atoms with Gasteiger partial charge in [-0.15, -0.1) is 11.3 Å². The minimum atomic E-state index is -3.45. The maximum atomic E-state index is 12.8. The number of sulfonamides is 1. The predicted octanol–water partition coefficient (Wildman–Crippen LogP) is 2.95. The summed E-state index contributed by atoms with van der Waals surface area (Å²) in [6.45, 7) is 4.69. The van der Waals surface area contributed by atoms with E-state index >= 15 is 0 Å². The molecule has 2 heterocycles. The summed E-state index contributed by atoms with van der Waals surface area (Å²) in [6, 6.07) is 10.1. The molecule has 1 aromatic heterocycles. The standard InChI is InChI=1S/C21H27N3O4S2/c1-15(2)12-22-30(27,28)14-16-5-3-6-17(11-16)23-21(26)19-8-9-20(25)24(19)13-18-7-4-10-29-18/h3-7,10-11,15,19,22H,8-9,12-14H2,1-2H3,(H,23,26). The van der Waals surface area contributed by atoms with Gasteiger partial charge in [0, 0.05) is 23.5 Å². The number of rotatable bonds is 9. The van der Waals surface area contributed by atoms with Crippen LogP contribution < -0.4 is 10.0 Å². The normalized spacial score (nSPS) is 17.0. The van der Waals surface area contributed by atoms with Crippen molar-refractivity contribution < 1.29 is 18.0 Å². The Morgan fingerprint density at radius 3 is 2.77 bits per heavy atom. The molecule has 2 aromatic rings. The van der Waals surface area contributed by atoms with Crippen LogP contribution in [0.5, 0.6) is 0 Å². The van der Waals surface area contributed by atoms with Crippen molar-refractivity contribution in [3.63, 3.8) is 0 Å². The van der Waals surface area contributed by atoms with Gasteiger partial charge >= 0.3 is 0 Å². The smallest absolute Gasteiger partial charge is 0.247 e. The zero-order valence-corrected chi connectivity index (χ0v) is 18.8. The summed E-state index contributed by atoms with van der Waals surface area (Å²) in [6.07, 6.45) is 0.826. The highest BCUT2D eigenvalue weighted by molar-refractivity contribution is 7.88. The number of hydrogen-bond donors (Lipinski definition) is 2. The van der Waals surface area contributed by atoms with Crippen LogP contribution in [0.15, 0.2) is 41.8 Å². The van der Waals surface area contributed by atoms with Gasteiger partial charge in [0.1, 0.15) is 6.04 Å². The Bertz CT molecular complexity index is 987. The fraction of sp³-hybridized carbons (Fsp3) is 0.429. The molecule has 1 saturated heterocycles. The van der Waals surface area contributed by atoms with Crippen LogP contribution in [-0.2, 0) is 31.9 Å². The van der Waals surface area contributed by atoms with Crippen molar-refractivity contribution in [1.82, 2.24) is 9.62 Å². The highest BCUT2D eigenvalue weighted by Crippen LogP contribution is 2.24. The lowest BCUT2D eigenvalue weighted by atomic mass is 10.1. The number of carbonyl (C=O) groups is 2. The molecule has 3 rings (SSSR count). The zero-order chi connectivity index (χ0) is 21.7. The van der Waals surface area contributed by atoms with Gasteiger partial charge in [0.15, 0.2) is 0 Å². The minimum Gasteiger partial charge on any atom is -0.326 e. The summed E-state index contributed by atoms with van der Waals surface area (Å²) in [7, 11) is -3.45. The number of likely N-dealkylation sites (tertiary alicyclic amines) is 1. The minimum absolute atomic E-state index is 0.0281. The molecule has 1 aliphatic heterocycles. The van der Waals surface area contributed by atoms with Gasteiger partial charge in [0.2, 0.25) is 21.8 Å². The number of nitrogens with zero attached hydrogens (tertiary/aromatic N) is 1. The Hall–Kier alpha value is -2.23. The molecular formula is C21H27N3O4S2. The number of benzene rings is 1. The molecule has 0 radical (unpaired) electrons. The van der Waals surface area contributed by atoms with E-state index in [1.165, 1.54) is 0 Å². The SMILES string of the molecule is CC(C)CNS(=O)(=O)Cc1cccc(NC(=O)C2CCC(=O)N2Cc2cccs2)c1. The second kappa shape index (κ2) is 9.72. The maximum Gasteiger partial charge on any atom is 0.247 e. The van der Waals surface area contributed by atoms with Gasteiger partial charge in [-0.1, -0.05) is 32.0 Å². The van der Waals surface area contributed by atoms with Crippen molar-refractivity contribution in [2.75, 3.05) is 11.9 Å². The van der Waals surface area contributed by atoms with Crippen LogP contribution in [0.3, 0.4) is 0 Å². The maximum absolute atomic E-state index is 12.8. The summed E-state index contributed by atoms with van der Waals surface area (Å²) in [5.74, 6) is -0.220. The molecule has 7 nitrogen and oxygen atoms in total. The van der Waals surface area contributed by atoms with Gasteiger partial charge < -0.3 is 10.2 Å². The van der Waals surface area contributed by atoms with Gasteiger partial charge in [0.05, 0.1) is 12.3 Å². The first-order valence-corrected chi connectivity index (χ1v) is 12.5. The van der Waals surface area contributed by atoms with Crippen LogP contribution in [0, 0.1) is 5.92 Å². The third-order valence-corrected chi connectivity index (χ3v) is 6.98. The largest absolute Gasteiger partial charge is 0.326 e. The number of nitrogens with one attached hydrogen (secondary N) is 2. The van der Waals surface area contributed by atoms with Crippen molar-refractivity contribution in [3.05, 3.63) is 52.2 Å². The highest BCUT2D eigenvalue weighted by atomic mass is 32.2. The molecule has 0 saturated carbocycles. The first kappa shape index (κ1) is 22.5. The van der Waals surface area contributed by atoms with Crippen molar-refractivity contribution in [3.8, 4) is 0 Å². The fourth-order valence-electron chi connectivity index (χ4n) is 3.30. The molecule has 1 fully saturated rings. The molecule has 0 spiro atoms. The van der Waals surface area contributed by atoms with Crippen molar-refractivity contribution in [1.29, 1.82) is 0 Å². The zero-order valence-electron chi connectivity index (χ0n) is 17.1. The highest BCUT2D eigenvalue weighted by Gasteiger charge is 2.36. The van der Waals surface area contributed by atoms with Crippen LogP contribution in [0.2, 0.25) is 0 Å². The van der Waals surface area contributed by atoms with E-state index in [1.807, 2.05) is 31.4 Å². The topological polar surface area (TPSA) is 95.6 Å². The Labute approximate surface area is 181 Å². The van der Waals surface area contributed by atoms with E-state index in [0.717, 1.165) is 4.88 Å². The Balaban J connectivity index is 1.65. The lowest BCUT2D eigenvalue weighted by molar-refractivity contribution is -0.133. The molecule has 1 aliphatic rings. The van der Waals surface area contributed by atoms with Gasteiger partial charge in [-0.3, -0.25) is 9.59 Å². The molecule has 1 atom stereocenters. The van der Waals surface area contributed by atoms with E-state index in [9.17, 15) is 18.0 Å². The fourth-order valence-corrected chi connectivity index (χ4v) is 5.31. The molecule has 0 aliphatic carbocycles. The summed E-state index contributed by atoms with van der Waals surface area (Å²) >= 11 is 1.55. The van der Waals surface area contributed by atoms with Gasteiger partial charge in [-0.2, -0.15) is 0 Å². The molecule has 162 valence electrons. The second-order valence-electron chi connectivity index (χ2n) is 7.85. The number of carbonyl (C=O) groups excluding carboxylic acids is 2. The summed E-state index contributed by atoms with van der Waals surface area (Å²) < 4.78 is 27.1. The van der Waals surface area contributed by atoms with Gasteiger partial charge in [0.25, 0.3) is 0 Å². The van der Waals surface area contributed by atoms with Crippen LogP contribution in [0.4, 0.5) is 5.69 Å². The number of thiophene rings is 1. The van der Waals surface area contributed by atoms with Crippen LogP contribution in [0.25, 0.3) is 0 Å². The quantitative estimate of drug-likeness (QED) is 0.615. The van der Waals surface area contributed by atoms with Gasteiger partial charge in [-0.05, 0) is 41.5 Å². The summed E-state index contributed by atoms with van der Waals surface area (Å²) in [4.78, 5) is 27.8. The van der Waals surface area contributed by atoms with Gasteiger partial charge in [-0.25, -0.2) is 13.1 Å². The molecule has 9 heteroatoms. The molecule has 1 unspecified atom stereocenters. The van der Waals surface area contributed by atoms with E-state index in [-0.39, 0.29) is 23.5 Å². The Morgan fingerprint density at radius 2 is 2.07 bits per heavy atom. The van der Waals surface area contributed by atoms with Crippen molar-refractivity contribution >= 4 is 38.9 Å².